The molecule has 1 atom stereocenters. The molecule has 0 aliphatic heterocycles. The van der Waals surface area contributed by atoms with E-state index in [1.807, 2.05) is 31.2 Å². The van der Waals surface area contributed by atoms with E-state index in [0.717, 1.165) is 5.56 Å². The molecule has 60 valence electrons. The predicted octanol–water partition coefficient (Wildman–Crippen LogP) is 2.35. The maximum Gasteiger partial charge on any atom is 0.192 e. The molecule has 0 aliphatic rings. The fraction of sp³-hybridized carbons (Fsp3) is 0.250. The highest BCUT2D eigenvalue weighted by molar-refractivity contribution is 14.1. The van der Waals surface area contributed by atoms with Gasteiger partial charge in [-0.1, -0.05) is 29.8 Å². The molecule has 1 aromatic carbocycles. The fourth-order valence-electron chi connectivity index (χ4n) is 0.783. The second-order valence-electron chi connectivity index (χ2n) is 2.35. The van der Waals surface area contributed by atoms with E-state index >= 15 is 0 Å². The van der Waals surface area contributed by atoms with Crippen LogP contribution in [0.1, 0.15) is 17.4 Å². The van der Waals surface area contributed by atoms with Gasteiger partial charge in [-0.3, -0.25) is 3.07 Å². The smallest absolute Gasteiger partial charge is 0.192 e. The lowest BCUT2D eigenvalue weighted by molar-refractivity contribution is 0.0168. The Morgan fingerprint density at radius 2 is 1.91 bits per heavy atom. The van der Waals surface area contributed by atoms with Crippen LogP contribution in [-0.2, 0) is 3.07 Å². The Labute approximate surface area is 79.9 Å². The summed E-state index contributed by atoms with van der Waals surface area (Å²) in [6.45, 7) is 2.00. The molecule has 0 saturated carbocycles. The molecule has 0 amide bonds. The maximum absolute atomic E-state index is 9.19. The monoisotopic (exact) mass is 264 g/mol. The number of rotatable bonds is 2. The third-order valence-electron chi connectivity index (χ3n) is 1.45. The number of hydrogen-bond donors (Lipinski definition) is 1. The Morgan fingerprint density at radius 1 is 1.36 bits per heavy atom. The predicted molar refractivity (Wildman–Crippen MR) is 51.2 cm³/mol. The van der Waals surface area contributed by atoms with Crippen molar-refractivity contribution in [2.75, 3.05) is 0 Å². The van der Waals surface area contributed by atoms with Crippen LogP contribution in [0.4, 0.5) is 0 Å². The van der Waals surface area contributed by atoms with Gasteiger partial charge in [0.2, 0.25) is 0 Å². The van der Waals surface area contributed by atoms with E-state index in [0.29, 0.717) is 0 Å². The quantitative estimate of drug-likeness (QED) is 0.656. The van der Waals surface area contributed by atoms with Gasteiger partial charge in [0.25, 0.3) is 0 Å². The van der Waals surface area contributed by atoms with Gasteiger partial charge in [0.05, 0.1) is 0 Å². The molecule has 2 nitrogen and oxygen atoms in total. The van der Waals surface area contributed by atoms with Crippen LogP contribution in [-0.4, -0.2) is 5.11 Å². The van der Waals surface area contributed by atoms with Crippen LogP contribution in [0.25, 0.3) is 0 Å². The molecule has 3 heteroatoms. The first-order chi connectivity index (χ1) is 5.24. The summed E-state index contributed by atoms with van der Waals surface area (Å²) in [6.07, 6.45) is -0.809. The lowest BCUT2D eigenvalue weighted by Gasteiger charge is -2.05. The van der Waals surface area contributed by atoms with E-state index in [4.69, 9.17) is 3.07 Å². The molecule has 0 radical (unpaired) electrons. The summed E-state index contributed by atoms with van der Waals surface area (Å²) in [5.74, 6) is 0. The van der Waals surface area contributed by atoms with Gasteiger partial charge < -0.3 is 5.11 Å². The first kappa shape index (κ1) is 8.96. The number of hydrogen-bond acceptors (Lipinski definition) is 2. The zero-order chi connectivity index (χ0) is 8.27. The van der Waals surface area contributed by atoms with E-state index in [9.17, 15) is 5.11 Å². The van der Waals surface area contributed by atoms with Gasteiger partial charge in [0.1, 0.15) is 23.0 Å². The summed E-state index contributed by atoms with van der Waals surface area (Å²) in [4.78, 5) is 0. The topological polar surface area (TPSA) is 29.5 Å². The molecule has 1 aromatic rings. The molecule has 0 aliphatic carbocycles. The number of halogens is 1. The molecule has 0 saturated heterocycles. The van der Waals surface area contributed by atoms with Gasteiger partial charge in [0, 0.05) is 5.56 Å². The lowest BCUT2D eigenvalue weighted by atomic mass is 10.1. The van der Waals surface area contributed by atoms with Crippen LogP contribution >= 0.6 is 23.0 Å². The molecule has 0 fully saturated rings. The van der Waals surface area contributed by atoms with Crippen LogP contribution in [0.15, 0.2) is 24.3 Å². The minimum Gasteiger partial charge on any atom is -0.364 e. The Kier molecular flexibility index (Phi) is 3.29. The Morgan fingerprint density at radius 3 is 2.36 bits per heavy atom. The second-order valence-corrected chi connectivity index (χ2v) is 2.86. The summed E-state index contributed by atoms with van der Waals surface area (Å²) in [5, 5.41) is 9.19. The van der Waals surface area contributed by atoms with Crippen LogP contribution in [0.2, 0.25) is 0 Å². The molecule has 11 heavy (non-hydrogen) atoms. The minimum atomic E-state index is -0.809. The third kappa shape index (κ3) is 2.43. The van der Waals surface area contributed by atoms with Gasteiger partial charge in [-0.15, -0.1) is 0 Å². The number of aliphatic hydroxyl groups is 1. The average molecular weight is 264 g/mol. The minimum absolute atomic E-state index is 0.782. The van der Waals surface area contributed by atoms with E-state index in [1.54, 1.807) is 23.0 Å². The highest BCUT2D eigenvalue weighted by atomic mass is 127. The van der Waals surface area contributed by atoms with Crippen molar-refractivity contribution in [3.63, 3.8) is 0 Å². The lowest BCUT2D eigenvalue weighted by Crippen LogP contribution is -1.95. The van der Waals surface area contributed by atoms with Gasteiger partial charge in [-0.05, 0) is 6.92 Å². The molecular formula is C8H9IO2. The van der Waals surface area contributed by atoms with Crippen molar-refractivity contribution in [3.05, 3.63) is 35.4 Å². The second kappa shape index (κ2) is 4.04. The highest BCUT2D eigenvalue weighted by Crippen LogP contribution is 2.16. The first-order valence-corrected chi connectivity index (χ1v) is 4.14. The van der Waals surface area contributed by atoms with Crippen molar-refractivity contribution in [1.82, 2.24) is 0 Å². The van der Waals surface area contributed by atoms with Crippen molar-refractivity contribution in [2.24, 2.45) is 0 Å². The molecule has 0 spiro atoms. The van der Waals surface area contributed by atoms with E-state index in [1.165, 1.54) is 5.56 Å². The largest absolute Gasteiger partial charge is 0.364 e. The molecular weight excluding hydrogens is 255 g/mol. The molecule has 0 heterocycles. The number of aryl methyl sites for hydroxylation is 1. The SMILES string of the molecule is Cc1ccc(C(O)OI)cc1. The Balaban J connectivity index is 2.81. The van der Waals surface area contributed by atoms with Crippen LogP contribution in [0.5, 0.6) is 0 Å². The van der Waals surface area contributed by atoms with Crippen molar-refractivity contribution in [2.45, 2.75) is 13.2 Å². The summed E-state index contributed by atoms with van der Waals surface area (Å²) >= 11 is 1.68. The zero-order valence-corrected chi connectivity index (χ0v) is 8.28. The molecule has 0 bridgehead atoms. The van der Waals surface area contributed by atoms with Gasteiger partial charge in [-0.2, -0.15) is 0 Å². The summed E-state index contributed by atoms with van der Waals surface area (Å²) in [5.41, 5.74) is 1.96. The molecule has 1 N–H and O–H groups in total. The summed E-state index contributed by atoms with van der Waals surface area (Å²) in [7, 11) is 0. The van der Waals surface area contributed by atoms with Crippen molar-refractivity contribution < 1.29 is 8.17 Å². The van der Waals surface area contributed by atoms with Crippen LogP contribution < -0.4 is 0 Å². The van der Waals surface area contributed by atoms with E-state index < -0.39 is 6.29 Å². The average Bonchev–Trinajstić information content (AvgIpc) is 2.05. The molecule has 1 rings (SSSR count). The van der Waals surface area contributed by atoms with Gasteiger partial charge in [-0.25, -0.2) is 0 Å². The van der Waals surface area contributed by atoms with Gasteiger partial charge in [0.15, 0.2) is 6.29 Å². The third-order valence-corrected chi connectivity index (χ3v) is 1.93. The number of aliphatic hydroxyl groups excluding tert-OH is 1. The Bertz CT molecular complexity index is 220. The fourth-order valence-corrected chi connectivity index (χ4v) is 1.08. The Hall–Kier alpha value is -0.130. The standard InChI is InChI=1S/C8H9IO2/c1-6-2-4-7(5-3-6)8(10)11-9/h2-5,8,10H,1H3. The summed E-state index contributed by atoms with van der Waals surface area (Å²) < 4.78 is 4.70. The first-order valence-electron chi connectivity index (χ1n) is 3.26. The van der Waals surface area contributed by atoms with Crippen LogP contribution in [0.3, 0.4) is 0 Å². The summed E-state index contributed by atoms with van der Waals surface area (Å²) in [6, 6.07) is 7.57. The van der Waals surface area contributed by atoms with Crippen molar-refractivity contribution in [1.29, 1.82) is 0 Å². The van der Waals surface area contributed by atoms with E-state index in [2.05, 4.69) is 0 Å². The van der Waals surface area contributed by atoms with E-state index in [-0.39, 0.29) is 0 Å². The maximum atomic E-state index is 9.19. The number of benzene rings is 1. The van der Waals surface area contributed by atoms with Crippen molar-refractivity contribution >= 4 is 23.0 Å². The zero-order valence-electron chi connectivity index (χ0n) is 6.12. The normalized spacial score (nSPS) is 13.0. The highest BCUT2D eigenvalue weighted by Gasteiger charge is 2.04. The molecule has 1 unspecified atom stereocenters. The molecule has 0 aromatic heterocycles. The van der Waals surface area contributed by atoms with Crippen LogP contribution in [0, 0.1) is 6.92 Å². The van der Waals surface area contributed by atoms with Crippen molar-refractivity contribution in [3.8, 4) is 0 Å². The van der Waals surface area contributed by atoms with Gasteiger partial charge >= 0.3 is 0 Å².